The van der Waals surface area contributed by atoms with Crippen molar-refractivity contribution in [2.24, 2.45) is 0 Å². The lowest BCUT2D eigenvalue weighted by molar-refractivity contribution is 0.103. The molecule has 1 aliphatic rings. The van der Waals surface area contributed by atoms with Gasteiger partial charge < -0.3 is 0 Å². The number of aryl methyl sites for hydroxylation is 1. The molecule has 1 aromatic carbocycles. The Morgan fingerprint density at radius 3 is 2.68 bits per heavy atom. The third-order valence-corrected chi connectivity index (χ3v) is 3.86. The van der Waals surface area contributed by atoms with Gasteiger partial charge in [-0.15, -0.1) is 0 Å². The second-order valence-electron chi connectivity index (χ2n) is 5.33. The highest BCUT2D eigenvalue weighted by Gasteiger charge is 2.20. The predicted molar refractivity (Wildman–Crippen MR) is 75.4 cm³/mol. The zero-order valence-electron chi connectivity index (χ0n) is 11.1. The molecule has 2 heteroatoms. The van der Waals surface area contributed by atoms with Crippen LogP contribution in [0.3, 0.4) is 0 Å². The van der Waals surface area contributed by atoms with Gasteiger partial charge in [-0.3, -0.25) is 9.78 Å². The minimum atomic E-state index is 0.0670. The van der Waals surface area contributed by atoms with Crippen molar-refractivity contribution in [2.45, 2.75) is 32.1 Å². The van der Waals surface area contributed by atoms with Crippen LogP contribution < -0.4 is 0 Å². The van der Waals surface area contributed by atoms with Gasteiger partial charge in [0.25, 0.3) is 0 Å². The second-order valence-corrected chi connectivity index (χ2v) is 5.33. The number of pyridine rings is 1. The quantitative estimate of drug-likeness (QED) is 0.775. The van der Waals surface area contributed by atoms with E-state index in [0.717, 1.165) is 11.1 Å². The Hall–Kier alpha value is -1.96. The van der Waals surface area contributed by atoms with Gasteiger partial charge in [0.2, 0.25) is 0 Å². The molecule has 1 aromatic heterocycles. The van der Waals surface area contributed by atoms with E-state index in [1.807, 2.05) is 25.1 Å². The van der Waals surface area contributed by atoms with E-state index in [2.05, 4.69) is 17.1 Å². The monoisotopic (exact) mass is 251 g/mol. The first-order chi connectivity index (χ1) is 9.24. The Morgan fingerprint density at radius 2 is 2.00 bits per heavy atom. The van der Waals surface area contributed by atoms with Gasteiger partial charge in [-0.05, 0) is 48.9 Å². The van der Waals surface area contributed by atoms with E-state index in [-0.39, 0.29) is 5.78 Å². The molecule has 0 bridgehead atoms. The van der Waals surface area contributed by atoms with Crippen LogP contribution in [0.4, 0.5) is 0 Å². The Morgan fingerprint density at radius 1 is 1.16 bits per heavy atom. The van der Waals surface area contributed by atoms with Crippen LogP contribution in [0, 0.1) is 6.92 Å². The number of benzene rings is 1. The number of aromatic nitrogens is 1. The van der Waals surface area contributed by atoms with Gasteiger partial charge in [0.05, 0.1) is 0 Å². The molecule has 0 saturated heterocycles. The van der Waals surface area contributed by atoms with E-state index in [0.29, 0.717) is 11.5 Å². The Labute approximate surface area is 113 Å². The van der Waals surface area contributed by atoms with Gasteiger partial charge in [0.15, 0.2) is 5.78 Å². The van der Waals surface area contributed by atoms with Crippen molar-refractivity contribution in [2.75, 3.05) is 0 Å². The summed E-state index contributed by atoms with van der Waals surface area (Å²) in [4.78, 5) is 16.5. The number of carbonyl (C=O) groups excluding carboxylic acids is 1. The smallest absolute Gasteiger partial charge is 0.194 e. The number of carbonyl (C=O) groups is 1. The maximum atomic E-state index is 12.4. The zero-order chi connectivity index (χ0) is 13.2. The Kier molecular flexibility index (Phi) is 3.16. The van der Waals surface area contributed by atoms with Gasteiger partial charge in [-0.25, -0.2) is 0 Å². The predicted octanol–water partition coefficient (Wildman–Crippen LogP) is 3.89. The van der Waals surface area contributed by atoms with Crippen LogP contribution in [0.2, 0.25) is 0 Å². The van der Waals surface area contributed by atoms with Crippen LogP contribution in [0.5, 0.6) is 0 Å². The Bertz CT molecular complexity index is 614. The minimum Gasteiger partial charge on any atom is -0.289 e. The average Bonchev–Trinajstić information content (AvgIpc) is 2.36. The number of hydrogen-bond donors (Lipinski definition) is 0. The normalized spacial score (nSPS) is 15.0. The summed E-state index contributed by atoms with van der Waals surface area (Å²) in [5.41, 5.74) is 3.77. The van der Waals surface area contributed by atoms with Crippen molar-refractivity contribution < 1.29 is 4.79 Å². The summed E-state index contributed by atoms with van der Waals surface area (Å²) in [7, 11) is 0. The maximum Gasteiger partial charge on any atom is 0.194 e. The Balaban J connectivity index is 1.91. The van der Waals surface area contributed by atoms with Crippen LogP contribution in [0.15, 0.2) is 42.7 Å². The van der Waals surface area contributed by atoms with Gasteiger partial charge in [0.1, 0.15) is 0 Å². The molecule has 19 heavy (non-hydrogen) atoms. The molecule has 2 nitrogen and oxygen atoms in total. The first-order valence-corrected chi connectivity index (χ1v) is 6.80. The van der Waals surface area contributed by atoms with E-state index >= 15 is 0 Å². The van der Waals surface area contributed by atoms with E-state index < -0.39 is 0 Å². The van der Waals surface area contributed by atoms with E-state index in [1.54, 1.807) is 12.4 Å². The molecule has 0 unspecified atom stereocenters. The number of ketones is 1. The lowest BCUT2D eigenvalue weighted by atomic mass is 9.79. The minimum absolute atomic E-state index is 0.0670. The molecule has 1 fully saturated rings. The molecule has 0 amide bonds. The molecular formula is C17H17NO. The second kappa shape index (κ2) is 4.96. The van der Waals surface area contributed by atoms with E-state index in [9.17, 15) is 4.79 Å². The zero-order valence-corrected chi connectivity index (χ0v) is 11.1. The first-order valence-electron chi connectivity index (χ1n) is 6.80. The third kappa shape index (κ3) is 2.43. The molecule has 0 radical (unpaired) electrons. The van der Waals surface area contributed by atoms with Crippen LogP contribution in [0.25, 0.3) is 0 Å². The van der Waals surface area contributed by atoms with E-state index in [4.69, 9.17) is 0 Å². The number of rotatable bonds is 3. The fourth-order valence-corrected chi connectivity index (χ4v) is 2.52. The van der Waals surface area contributed by atoms with Crippen molar-refractivity contribution in [3.05, 3.63) is 65.0 Å². The SMILES string of the molecule is Cc1cncc(C(=O)c2cccc(C3CCC3)c2)c1. The van der Waals surface area contributed by atoms with Crippen LogP contribution in [-0.4, -0.2) is 10.8 Å². The topological polar surface area (TPSA) is 30.0 Å². The summed E-state index contributed by atoms with van der Waals surface area (Å²) in [5, 5.41) is 0. The third-order valence-electron chi connectivity index (χ3n) is 3.86. The number of nitrogens with zero attached hydrogens (tertiary/aromatic N) is 1. The molecule has 0 N–H and O–H groups in total. The lowest BCUT2D eigenvalue weighted by Crippen LogP contribution is -2.10. The van der Waals surface area contributed by atoms with E-state index in [1.165, 1.54) is 24.8 Å². The van der Waals surface area contributed by atoms with Crippen molar-refractivity contribution >= 4 is 5.78 Å². The fourth-order valence-electron chi connectivity index (χ4n) is 2.52. The largest absolute Gasteiger partial charge is 0.289 e. The molecule has 96 valence electrons. The molecule has 1 heterocycles. The molecule has 1 saturated carbocycles. The van der Waals surface area contributed by atoms with Crippen LogP contribution in [-0.2, 0) is 0 Å². The summed E-state index contributed by atoms with van der Waals surface area (Å²) in [6, 6.07) is 9.96. The van der Waals surface area contributed by atoms with Crippen LogP contribution >= 0.6 is 0 Å². The fraction of sp³-hybridized carbons (Fsp3) is 0.294. The van der Waals surface area contributed by atoms with Crippen LogP contribution in [0.1, 0.15) is 52.2 Å². The molecule has 3 rings (SSSR count). The average molecular weight is 251 g/mol. The van der Waals surface area contributed by atoms with Crippen molar-refractivity contribution in [3.8, 4) is 0 Å². The van der Waals surface area contributed by atoms with Crippen molar-refractivity contribution in [3.63, 3.8) is 0 Å². The summed E-state index contributed by atoms with van der Waals surface area (Å²) in [6.45, 7) is 1.95. The highest BCUT2D eigenvalue weighted by molar-refractivity contribution is 6.08. The van der Waals surface area contributed by atoms with Gasteiger partial charge in [-0.1, -0.05) is 24.6 Å². The molecule has 0 aliphatic heterocycles. The summed E-state index contributed by atoms with van der Waals surface area (Å²) in [6.07, 6.45) is 7.23. The van der Waals surface area contributed by atoms with Crippen molar-refractivity contribution in [1.29, 1.82) is 0 Å². The van der Waals surface area contributed by atoms with Gasteiger partial charge in [0, 0.05) is 23.5 Å². The summed E-state index contributed by atoms with van der Waals surface area (Å²) < 4.78 is 0. The molecular weight excluding hydrogens is 234 g/mol. The highest BCUT2D eigenvalue weighted by atomic mass is 16.1. The summed E-state index contributed by atoms with van der Waals surface area (Å²) >= 11 is 0. The molecule has 1 aliphatic carbocycles. The van der Waals surface area contributed by atoms with Gasteiger partial charge in [-0.2, -0.15) is 0 Å². The summed E-state index contributed by atoms with van der Waals surface area (Å²) in [5.74, 6) is 0.723. The maximum absolute atomic E-state index is 12.4. The van der Waals surface area contributed by atoms with Crippen molar-refractivity contribution in [1.82, 2.24) is 4.98 Å². The molecule has 2 aromatic rings. The first kappa shape index (κ1) is 12.1. The number of hydrogen-bond acceptors (Lipinski definition) is 2. The molecule has 0 atom stereocenters. The standard InChI is InChI=1S/C17H17NO/c1-12-8-16(11-18-10-12)17(19)15-7-3-6-14(9-15)13-4-2-5-13/h3,6-11,13H,2,4-5H2,1H3. The lowest BCUT2D eigenvalue weighted by Gasteiger charge is -2.26. The highest BCUT2D eigenvalue weighted by Crippen LogP contribution is 2.36. The van der Waals surface area contributed by atoms with Gasteiger partial charge >= 0.3 is 0 Å². The molecule has 0 spiro atoms.